The van der Waals surface area contributed by atoms with E-state index in [0.29, 0.717) is 25.2 Å². The smallest absolute Gasteiger partial charge is 0.408 e. The number of benzene rings is 1. The van der Waals surface area contributed by atoms with Crippen LogP contribution in [-0.2, 0) is 34.7 Å². The van der Waals surface area contributed by atoms with Gasteiger partial charge in [0.1, 0.15) is 17.7 Å². The second-order valence-electron chi connectivity index (χ2n) is 10.2. The largest absolute Gasteiger partial charge is 0.465 e. The van der Waals surface area contributed by atoms with Crippen LogP contribution in [0.3, 0.4) is 0 Å². The Balaban J connectivity index is 1.65. The number of carboxylic acid groups (broad SMARTS) is 1. The predicted molar refractivity (Wildman–Crippen MR) is 122 cm³/mol. The van der Waals surface area contributed by atoms with Crippen molar-refractivity contribution in [3.63, 3.8) is 0 Å². The predicted octanol–water partition coefficient (Wildman–Crippen LogP) is 3.09. The maximum Gasteiger partial charge on any atom is 0.408 e. The van der Waals surface area contributed by atoms with E-state index in [1.807, 2.05) is 0 Å². The highest BCUT2D eigenvalue weighted by Gasteiger charge is 2.46. The Kier molecular flexibility index (Phi) is 6.43. The molecule has 2 aromatic rings. The van der Waals surface area contributed by atoms with Crippen molar-refractivity contribution in [1.29, 1.82) is 0 Å². The fourth-order valence-electron chi connectivity index (χ4n) is 5.17. The molecule has 1 N–H and O–H groups in total. The molecule has 3 heterocycles. The van der Waals surface area contributed by atoms with Gasteiger partial charge in [0.05, 0.1) is 24.0 Å². The third kappa shape index (κ3) is 4.78. The molecule has 192 valence electrons. The topological polar surface area (TPSA) is 105 Å². The minimum absolute atomic E-state index is 0.00588. The zero-order chi connectivity index (χ0) is 25.9. The van der Waals surface area contributed by atoms with Crippen LogP contribution in [0.4, 0.5) is 13.6 Å². The molecule has 35 heavy (non-hydrogen) atoms. The van der Waals surface area contributed by atoms with Crippen molar-refractivity contribution in [3.05, 3.63) is 46.8 Å². The molecular formula is C23H30F2N4O5S. The number of fused-ring (bicyclic) bond motifs is 1. The number of aromatic nitrogens is 2. The van der Waals surface area contributed by atoms with Gasteiger partial charge < -0.3 is 14.4 Å². The summed E-state index contributed by atoms with van der Waals surface area (Å²) in [5.41, 5.74) is 0.567. The van der Waals surface area contributed by atoms with Gasteiger partial charge in [-0.3, -0.25) is 9.80 Å². The Morgan fingerprint density at radius 1 is 1.26 bits per heavy atom. The maximum atomic E-state index is 14.7. The molecule has 0 spiro atoms. The van der Waals surface area contributed by atoms with Gasteiger partial charge in [0.2, 0.25) is 15.0 Å². The molecule has 0 radical (unpaired) electrons. The van der Waals surface area contributed by atoms with Crippen LogP contribution in [0.2, 0.25) is 0 Å². The number of nitrogens with zero attached hydrogens (tertiary/aromatic N) is 4. The van der Waals surface area contributed by atoms with Crippen LogP contribution in [-0.4, -0.2) is 69.5 Å². The molecule has 0 saturated carbocycles. The van der Waals surface area contributed by atoms with E-state index in [1.54, 1.807) is 32.4 Å². The van der Waals surface area contributed by atoms with Crippen LogP contribution in [0.15, 0.2) is 23.4 Å². The van der Waals surface area contributed by atoms with E-state index in [4.69, 9.17) is 4.74 Å². The van der Waals surface area contributed by atoms with Crippen molar-refractivity contribution in [2.24, 2.45) is 7.05 Å². The van der Waals surface area contributed by atoms with Crippen molar-refractivity contribution in [2.75, 3.05) is 12.9 Å². The fourth-order valence-corrected chi connectivity index (χ4v) is 6.05. The summed E-state index contributed by atoms with van der Waals surface area (Å²) in [6.07, 6.45) is -0.743. The normalized spacial score (nSPS) is 23.3. The molecule has 1 aromatic carbocycles. The van der Waals surface area contributed by atoms with E-state index in [9.17, 15) is 27.1 Å². The molecule has 3 atom stereocenters. The molecule has 0 unspecified atom stereocenters. The SMILES string of the molecule is Cn1c(S(C)(=O)=O)nc2c1CN([C@H]1CO[C@H](c3cc(F)ccc3F)[C@@H](N(C(=O)O)C(C)(C)C)C1)C2. The number of imidazole rings is 1. The third-order valence-electron chi connectivity index (χ3n) is 6.67. The van der Waals surface area contributed by atoms with Gasteiger partial charge >= 0.3 is 6.09 Å². The average molecular weight is 513 g/mol. The van der Waals surface area contributed by atoms with Crippen LogP contribution >= 0.6 is 0 Å². The lowest BCUT2D eigenvalue weighted by Crippen LogP contribution is -2.58. The first kappa shape index (κ1) is 25.5. The summed E-state index contributed by atoms with van der Waals surface area (Å²) in [6.45, 7) is 6.18. The van der Waals surface area contributed by atoms with Crippen molar-refractivity contribution < 1.29 is 31.8 Å². The lowest BCUT2D eigenvalue weighted by Gasteiger charge is -2.48. The molecule has 2 aliphatic heterocycles. The van der Waals surface area contributed by atoms with Crippen molar-refractivity contribution >= 4 is 15.9 Å². The van der Waals surface area contributed by atoms with Crippen LogP contribution in [0, 0.1) is 11.6 Å². The Hall–Kier alpha value is -2.57. The highest BCUT2D eigenvalue weighted by Crippen LogP contribution is 2.39. The Bertz CT molecular complexity index is 1260. The van der Waals surface area contributed by atoms with Crippen molar-refractivity contribution in [1.82, 2.24) is 19.4 Å². The van der Waals surface area contributed by atoms with Crippen LogP contribution < -0.4 is 0 Å². The Morgan fingerprint density at radius 3 is 2.51 bits per heavy atom. The molecule has 2 aliphatic rings. The van der Waals surface area contributed by atoms with E-state index in [1.165, 1.54) is 4.90 Å². The molecule has 1 saturated heterocycles. The van der Waals surface area contributed by atoms with E-state index < -0.39 is 45.2 Å². The highest BCUT2D eigenvalue weighted by molar-refractivity contribution is 7.90. The first-order valence-electron chi connectivity index (χ1n) is 11.3. The van der Waals surface area contributed by atoms with E-state index in [2.05, 4.69) is 9.88 Å². The maximum absolute atomic E-state index is 14.7. The van der Waals surface area contributed by atoms with Gasteiger partial charge in [-0.2, -0.15) is 0 Å². The number of amides is 1. The Morgan fingerprint density at radius 2 is 1.94 bits per heavy atom. The first-order chi connectivity index (χ1) is 16.2. The second-order valence-corrected chi connectivity index (χ2v) is 12.1. The number of ether oxygens (including phenoxy) is 1. The van der Waals surface area contributed by atoms with Gasteiger partial charge in [0.15, 0.2) is 0 Å². The first-order valence-corrected chi connectivity index (χ1v) is 13.1. The summed E-state index contributed by atoms with van der Waals surface area (Å²) in [7, 11) is -1.82. The van der Waals surface area contributed by atoms with Gasteiger partial charge in [-0.15, -0.1) is 0 Å². The minimum atomic E-state index is -3.47. The quantitative estimate of drug-likeness (QED) is 0.671. The summed E-state index contributed by atoms with van der Waals surface area (Å²) in [5, 5.41) is 10.1. The molecule has 9 nitrogen and oxygen atoms in total. The van der Waals surface area contributed by atoms with Crippen molar-refractivity contribution in [2.45, 2.75) is 69.2 Å². The number of hydrogen-bond acceptors (Lipinski definition) is 6. The molecule has 1 aromatic heterocycles. The molecule has 0 aliphatic carbocycles. The van der Waals surface area contributed by atoms with Gasteiger partial charge in [0, 0.05) is 43.5 Å². The number of rotatable bonds is 4. The zero-order valence-corrected chi connectivity index (χ0v) is 21.1. The molecular weight excluding hydrogens is 482 g/mol. The minimum Gasteiger partial charge on any atom is -0.465 e. The second kappa shape index (κ2) is 8.82. The van der Waals surface area contributed by atoms with Gasteiger partial charge in [-0.05, 0) is 45.4 Å². The monoisotopic (exact) mass is 512 g/mol. The summed E-state index contributed by atoms with van der Waals surface area (Å²) in [5.74, 6) is -1.29. The third-order valence-corrected chi connectivity index (χ3v) is 7.69. The van der Waals surface area contributed by atoms with E-state index in [-0.39, 0.29) is 23.4 Å². The summed E-state index contributed by atoms with van der Waals surface area (Å²) < 4.78 is 60.4. The van der Waals surface area contributed by atoms with Crippen LogP contribution in [0.25, 0.3) is 0 Å². The molecule has 12 heteroatoms. The van der Waals surface area contributed by atoms with E-state index in [0.717, 1.165) is 30.1 Å². The number of hydrogen-bond donors (Lipinski definition) is 1. The number of carbonyl (C=O) groups is 1. The van der Waals surface area contributed by atoms with Gasteiger partial charge in [0.25, 0.3) is 0 Å². The van der Waals surface area contributed by atoms with Crippen molar-refractivity contribution in [3.8, 4) is 0 Å². The number of sulfone groups is 1. The van der Waals surface area contributed by atoms with Gasteiger partial charge in [-0.1, -0.05) is 0 Å². The highest BCUT2D eigenvalue weighted by atomic mass is 32.2. The number of halogens is 2. The summed E-state index contributed by atoms with van der Waals surface area (Å²) >= 11 is 0. The van der Waals surface area contributed by atoms with Gasteiger partial charge in [-0.25, -0.2) is 27.0 Å². The standard InChI is InChI=1S/C23H30F2N4O5S/c1-23(2,3)29(22(30)31)18-9-14(12-34-20(18)15-8-13(24)6-7-16(15)25)28-10-17-19(11-28)27(4)21(26-17)35(5,32)33/h6-8,14,18,20H,9-12H2,1-5H3,(H,30,31)/t14-,18+,20-/m1/s1. The Labute approximate surface area is 203 Å². The summed E-state index contributed by atoms with van der Waals surface area (Å²) in [4.78, 5) is 19.9. The zero-order valence-electron chi connectivity index (χ0n) is 20.3. The van der Waals surface area contributed by atoms with Crippen LogP contribution in [0.1, 0.15) is 50.2 Å². The lowest BCUT2D eigenvalue weighted by atomic mass is 9.88. The fraction of sp³-hybridized carbons (Fsp3) is 0.565. The molecule has 1 amide bonds. The molecule has 1 fully saturated rings. The molecule has 4 rings (SSSR count). The average Bonchev–Trinajstić information content (AvgIpc) is 3.28. The van der Waals surface area contributed by atoms with E-state index >= 15 is 0 Å². The molecule has 0 bridgehead atoms. The van der Waals surface area contributed by atoms with Crippen LogP contribution in [0.5, 0.6) is 0 Å². The summed E-state index contributed by atoms with van der Waals surface area (Å²) in [6, 6.07) is 2.05. The lowest BCUT2D eigenvalue weighted by molar-refractivity contribution is -0.103.